The molecule has 3 heteroatoms. The SMILES string of the molecule is CC1(C)c2ccc(-c3cccc(-c4nc(-c5ccccc5)nc(-c5ccccc5)n4)c3)cc2-c2ccc(-c3ccc4ccc5cccc6ccc3c4c56)cc21. The van der Waals surface area contributed by atoms with Gasteiger partial charge in [-0.3, -0.25) is 0 Å². The van der Waals surface area contributed by atoms with Gasteiger partial charge >= 0.3 is 0 Å². The lowest BCUT2D eigenvalue weighted by Gasteiger charge is -2.22. The summed E-state index contributed by atoms with van der Waals surface area (Å²) >= 11 is 0. The number of benzene rings is 9. The Kier molecular flexibility index (Phi) is 6.90. The van der Waals surface area contributed by atoms with E-state index in [0.29, 0.717) is 17.5 Å². The Balaban J connectivity index is 0.996. The fourth-order valence-electron chi connectivity index (χ4n) is 8.86. The molecule has 0 saturated heterocycles. The number of rotatable bonds is 5. The molecule has 55 heavy (non-hydrogen) atoms. The zero-order chi connectivity index (χ0) is 36.7. The summed E-state index contributed by atoms with van der Waals surface area (Å²) in [5.41, 5.74) is 12.9. The van der Waals surface area contributed by atoms with E-state index in [1.165, 1.54) is 71.3 Å². The second kappa shape index (κ2) is 12.0. The van der Waals surface area contributed by atoms with E-state index in [4.69, 9.17) is 15.0 Å². The summed E-state index contributed by atoms with van der Waals surface area (Å²) in [5.74, 6) is 1.97. The lowest BCUT2D eigenvalue weighted by molar-refractivity contribution is 0.660. The number of hydrogen-bond acceptors (Lipinski definition) is 3. The molecule has 10 aromatic rings. The molecule has 0 bridgehead atoms. The van der Waals surface area contributed by atoms with E-state index in [1.54, 1.807) is 0 Å². The highest BCUT2D eigenvalue weighted by Crippen LogP contribution is 2.51. The fraction of sp³-hybridized carbons (Fsp3) is 0.0577. The maximum Gasteiger partial charge on any atom is 0.164 e. The molecule has 3 nitrogen and oxygen atoms in total. The Morgan fingerprint density at radius 3 is 1.56 bits per heavy atom. The predicted octanol–water partition coefficient (Wildman–Crippen LogP) is 13.4. The van der Waals surface area contributed by atoms with Crippen molar-refractivity contribution in [2.24, 2.45) is 0 Å². The quantitative estimate of drug-likeness (QED) is 0.168. The topological polar surface area (TPSA) is 38.7 Å². The van der Waals surface area contributed by atoms with Gasteiger partial charge in [0.15, 0.2) is 17.5 Å². The van der Waals surface area contributed by atoms with Crippen molar-refractivity contribution in [1.82, 2.24) is 15.0 Å². The van der Waals surface area contributed by atoms with Crippen molar-refractivity contribution in [3.05, 3.63) is 187 Å². The molecular weight excluding hydrogens is 667 g/mol. The van der Waals surface area contributed by atoms with Crippen molar-refractivity contribution >= 4 is 32.3 Å². The van der Waals surface area contributed by atoms with E-state index in [0.717, 1.165) is 22.3 Å². The van der Waals surface area contributed by atoms with Gasteiger partial charge in [-0.15, -0.1) is 0 Å². The van der Waals surface area contributed by atoms with Crippen LogP contribution in [0.2, 0.25) is 0 Å². The molecule has 11 rings (SSSR count). The summed E-state index contributed by atoms with van der Waals surface area (Å²) in [6.45, 7) is 4.72. The van der Waals surface area contributed by atoms with Crippen molar-refractivity contribution in [2.45, 2.75) is 19.3 Å². The molecule has 0 atom stereocenters. The van der Waals surface area contributed by atoms with E-state index < -0.39 is 0 Å². The van der Waals surface area contributed by atoms with E-state index in [-0.39, 0.29) is 5.41 Å². The standard InChI is InChI=1S/C52H35N3/c1-52(2)45-28-24-38(37-17-10-18-40(29-37)51-54-49(35-11-5-3-6-12-35)53-50(55-51)36-13-7-4-8-14-36)30-44(45)42-26-23-39(31-46(42)52)41-25-21-34-20-19-32-15-9-16-33-22-27-43(41)48(34)47(32)33/h3-31H,1-2H3. The van der Waals surface area contributed by atoms with Crippen LogP contribution in [0.3, 0.4) is 0 Å². The molecule has 258 valence electrons. The van der Waals surface area contributed by atoms with Gasteiger partial charge in [0, 0.05) is 22.1 Å². The molecule has 1 aliphatic rings. The van der Waals surface area contributed by atoms with Gasteiger partial charge in [0.1, 0.15) is 0 Å². The van der Waals surface area contributed by atoms with E-state index >= 15 is 0 Å². The molecule has 0 fully saturated rings. The third-order valence-corrected chi connectivity index (χ3v) is 11.7. The minimum Gasteiger partial charge on any atom is -0.208 e. The lowest BCUT2D eigenvalue weighted by atomic mass is 9.81. The summed E-state index contributed by atoms with van der Waals surface area (Å²) in [4.78, 5) is 14.9. The zero-order valence-electron chi connectivity index (χ0n) is 30.6. The summed E-state index contributed by atoms with van der Waals surface area (Å²) in [6.07, 6.45) is 0. The predicted molar refractivity (Wildman–Crippen MR) is 228 cm³/mol. The van der Waals surface area contributed by atoms with Gasteiger partial charge < -0.3 is 0 Å². The van der Waals surface area contributed by atoms with Crippen LogP contribution in [0.25, 0.3) is 99.9 Å². The van der Waals surface area contributed by atoms with Gasteiger partial charge in [-0.2, -0.15) is 0 Å². The highest BCUT2D eigenvalue weighted by Gasteiger charge is 2.36. The van der Waals surface area contributed by atoms with Crippen LogP contribution in [-0.4, -0.2) is 15.0 Å². The average molecular weight is 702 g/mol. The molecule has 9 aromatic carbocycles. The minimum absolute atomic E-state index is 0.141. The third kappa shape index (κ3) is 5.01. The number of nitrogens with zero attached hydrogens (tertiary/aromatic N) is 3. The van der Waals surface area contributed by atoms with Crippen molar-refractivity contribution in [1.29, 1.82) is 0 Å². The highest BCUT2D eigenvalue weighted by atomic mass is 15.0. The summed E-state index contributed by atoms with van der Waals surface area (Å²) in [7, 11) is 0. The molecule has 0 N–H and O–H groups in total. The molecule has 0 unspecified atom stereocenters. The summed E-state index contributed by atoms with van der Waals surface area (Å²) < 4.78 is 0. The number of fused-ring (bicyclic) bond motifs is 3. The highest BCUT2D eigenvalue weighted by molar-refractivity contribution is 6.25. The van der Waals surface area contributed by atoms with Gasteiger partial charge in [0.05, 0.1) is 0 Å². The summed E-state index contributed by atoms with van der Waals surface area (Å²) in [6, 6.07) is 63.2. The van der Waals surface area contributed by atoms with Crippen LogP contribution in [0, 0.1) is 0 Å². The first-order valence-electron chi connectivity index (χ1n) is 18.9. The summed E-state index contributed by atoms with van der Waals surface area (Å²) in [5, 5.41) is 7.89. The Morgan fingerprint density at radius 2 is 0.855 bits per heavy atom. The first-order chi connectivity index (χ1) is 27.0. The molecule has 1 heterocycles. The van der Waals surface area contributed by atoms with Crippen LogP contribution in [0.1, 0.15) is 25.0 Å². The maximum absolute atomic E-state index is 4.99. The third-order valence-electron chi connectivity index (χ3n) is 11.7. The molecule has 1 aromatic heterocycles. The monoisotopic (exact) mass is 701 g/mol. The van der Waals surface area contributed by atoms with Crippen molar-refractivity contribution in [3.63, 3.8) is 0 Å². The molecule has 0 spiro atoms. The zero-order valence-corrected chi connectivity index (χ0v) is 30.6. The Labute approximate surface area is 320 Å². The first-order valence-corrected chi connectivity index (χ1v) is 18.9. The average Bonchev–Trinajstić information content (AvgIpc) is 3.48. The van der Waals surface area contributed by atoms with Crippen LogP contribution >= 0.6 is 0 Å². The fourth-order valence-corrected chi connectivity index (χ4v) is 8.86. The van der Waals surface area contributed by atoms with Crippen molar-refractivity contribution in [2.75, 3.05) is 0 Å². The molecule has 1 aliphatic carbocycles. The smallest absolute Gasteiger partial charge is 0.164 e. The largest absolute Gasteiger partial charge is 0.208 e. The van der Waals surface area contributed by atoms with Crippen LogP contribution in [0.5, 0.6) is 0 Å². The van der Waals surface area contributed by atoms with Gasteiger partial charge in [-0.1, -0.05) is 172 Å². The Morgan fingerprint density at radius 1 is 0.327 bits per heavy atom. The van der Waals surface area contributed by atoms with Crippen molar-refractivity contribution < 1.29 is 0 Å². The molecule has 0 radical (unpaired) electrons. The van der Waals surface area contributed by atoms with Gasteiger partial charge in [-0.05, 0) is 95.0 Å². The van der Waals surface area contributed by atoms with Crippen LogP contribution in [0.4, 0.5) is 0 Å². The Bertz CT molecular complexity index is 3040. The molecule has 0 amide bonds. The van der Waals surface area contributed by atoms with E-state index in [1.807, 2.05) is 60.7 Å². The molecular formula is C52H35N3. The second-order valence-corrected chi connectivity index (χ2v) is 15.2. The van der Waals surface area contributed by atoms with Crippen LogP contribution in [0.15, 0.2) is 176 Å². The molecule has 0 aliphatic heterocycles. The number of hydrogen-bond donors (Lipinski definition) is 0. The number of aromatic nitrogens is 3. The van der Waals surface area contributed by atoms with Crippen LogP contribution < -0.4 is 0 Å². The van der Waals surface area contributed by atoms with Gasteiger partial charge in [0.2, 0.25) is 0 Å². The van der Waals surface area contributed by atoms with Crippen LogP contribution in [-0.2, 0) is 5.41 Å². The van der Waals surface area contributed by atoms with Crippen molar-refractivity contribution in [3.8, 4) is 67.5 Å². The van der Waals surface area contributed by atoms with Gasteiger partial charge in [0.25, 0.3) is 0 Å². The first kappa shape index (κ1) is 31.5. The van der Waals surface area contributed by atoms with E-state index in [9.17, 15) is 0 Å². The minimum atomic E-state index is -0.141. The van der Waals surface area contributed by atoms with E-state index in [2.05, 4.69) is 129 Å². The molecule has 0 saturated carbocycles. The normalized spacial score (nSPS) is 13.1. The second-order valence-electron chi connectivity index (χ2n) is 15.2. The maximum atomic E-state index is 4.99. The Hall–Kier alpha value is -6.97. The lowest BCUT2D eigenvalue weighted by Crippen LogP contribution is -2.15. The van der Waals surface area contributed by atoms with Gasteiger partial charge in [-0.25, -0.2) is 15.0 Å².